The van der Waals surface area contributed by atoms with E-state index in [4.69, 9.17) is 0 Å². The molecule has 2 heterocycles. The molecule has 9 heteroatoms. The number of nitrogens with zero attached hydrogens (tertiary/aromatic N) is 4. The number of amides is 2. The topological polar surface area (TPSA) is 89.2 Å². The van der Waals surface area contributed by atoms with Gasteiger partial charge in [-0.15, -0.1) is 5.10 Å². The Morgan fingerprint density at radius 3 is 2.68 bits per heavy atom. The highest BCUT2D eigenvalue weighted by molar-refractivity contribution is 5.92. The van der Waals surface area contributed by atoms with Gasteiger partial charge >= 0.3 is 5.69 Å². The number of anilines is 1. The third-order valence-corrected chi connectivity index (χ3v) is 5.20. The maximum atomic E-state index is 13.7. The maximum Gasteiger partial charge on any atom is 0.346 e. The number of hydrogen-bond donors (Lipinski definition) is 1. The molecule has 31 heavy (non-hydrogen) atoms. The molecule has 2 aromatic carbocycles. The van der Waals surface area contributed by atoms with Crippen LogP contribution in [0.1, 0.15) is 27.3 Å². The molecule has 160 valence electrons. The molecule has 1 aromatic heterocycles. The summed E-state index contributed by atoms with van der Waals surface area (Å²) < 4.78 is 15.9. The average molecular weight is 423 g/mol. The molecule has 0 fully saturated rings. The Kier molecular flexibility index (Phi) is 5.41. The lowest BCUT2D eigenvalue weighted by atomic mass is 10.1. The van der Waals surface area contributed by atoms with Gasteiger partial charge in [-0.25, -0.2) is 13.9 Å². The van der Waals surface area contributed by atoms with Gasteiger partial charge in [0.1, 0.15) is 12.4 Å². The second-order valence-corrected chi connectivity index (χ2v) is 7.64. The van der Waals surface area contributed by atoms with Crippen molar-refractivity contribution in [2.24, 2.45) is 0 Å². The van der Waals surface area contributed by atoms with Gasteiger partial charge in [0.05, 0.1) is 0 Å². The molecule has 4 rings (SSSR count). The fourth-order valence-corrected chi connectivity index (χ4v) is 3.56. The Balaban J connectivity index is 1.48. The van der Waals surface area contributed by atoms with Crippen LogP contribution in [-0.2, 0) is 24.4 Å². The van der Waals surface area contributed by atoms with Crippen molar-refractivity contribution in [3.8, 4) is 0 Å². The number of halogens is 1. The minimum atomic E-state index is -0.537. The summed E-state index contributed by atoms with van der Waals surface area (Å²) in [5.74, 6) is -1.32. The number of benzene rings is 2. The molecule has 0 saturated carbocycles. The van der Waals surface area contributed by atoms with Crippen LogP contribution in [0, 0.1) is 19.7 Å². The zero-order valence-electron chi connectivity index (χ0n) is 17.3. The van der Waals surface area contributed by atoms with E-state index < -0.39 is 17.4 Å². The molecule has 2 amide bonds. The SMILES string of the molecule is Cc1cccc(CN2CCn3c(nn(CC(=O)Nc4ccc(C)c(F)c4)c3=O)C2=O)c1. The van der Waals surface area contributed by atoms with Crippen LogP contribution in [0.4, 0.5) is 10.1 Å². The fourth-order valence-electron chi connectivity index (χ4n) is 3.56. The Hall–Kier alpha value is -3.75. The van der Waals surface area contributed by atoms with E-state index in [0.717, 1.165) is 15.8 Å². The van der Waals surface area contributed by atoms with Gasteiger partial charge in [-0.2, -0.15) is 0 Å². The van der Waals surface area contributed by atoms with Crippen LogP contribution in [0.5, 0.6) is 0 Å². The largest absolute Gasteiger partial charge is 0.346 e. The lowest BCUT2D eigenvalue weighted by Gasteiger charge is -2.26. The van der Waals surface area contributed by atoms with E-state index in [1.165, 1.54) is 10.6 Å². The van der Waals surface area contributed by atoms with Gasteiger partial charge in [0, 0.05) is 25.3 Å². The third kappa shape index (κ3) is 4.25. The zero-order valence-corrected chi connectivity index (χ0v) is 17.3. The van der Waals surface area contributed by atoms with Crippen molar-refractivity contribution in [3.05, 3.63) is 81.3 Å². The summed E-state index contributed by atoms with van der Waals surface area (Å²) in [5, 5.41) is 6.64. The van der Waals surface area contributed by atoms with E-state index in [9.17, 15) is 18.8 Å². The van der Waals surface area contributed by atoms with Crippen molar-refractivity contribution in [1.29, 1.82) is 0 Å². The van der Waals surface area contributed by atoms with E-state index in [1.54, 1.807) is 24.0 Å². The summed E-state index contributed by atoms with van der Waals surface area (Å²) in [5.41, 5.74) is 2.31. The standard InChI is InChI=1S/C22H22FN5O3/c1-14-4-3-5-16(10-14)12-26-8-9-27-20(21(26)30)25-28(22(27)31)13-19(29)24-17-7-6-15(2)18(23)11-17/h3-7,10-11H,8-9,12-13H2,1-2H3,(H,24,29). The lowest BCUT2D eigenvalue weighted by Crippen LogP contribution is -2.42. The highest BCUT2D eigenvalue weighted by Crippen LogP contribution is 2.15. The lowest BCUT2D eigenvalue weighted by molar-refractivity contribution is -0.117. The maximum absolute atomic E-state index is 13.7. The smallest absolute Gasteiger partial charge is 0.330 e. The second-order valence-electron chi connectivity index (χ2n) is 7.64. The van der Waals surface area contributed by atoms with Gasteiger partial charge in [-0.3, -0.25) is 14.2 Å². The quantitative estimate of drug-likeness (QED) is 0.681. The molecular weight excluding hydrogens is 401 g/mol. The molecule has 8 nitrogen and oxygen atoms in total. The summed E-state index contributed by atoms with van der Waals surface area (Å²) in [7, 11) is 0. The number of aromatic nitrogens is 3. The van der Waals surface area contributed by atoms with Gasteiger partial charge < -0.3 is 10.2 Å². The first-order valence-corrected chi connectivity index (χ1v) is 9.90. The van der Waals surface area contributed by atoms with Crippen LogP contribution in [0.2, 0.25) is 0 Å². The van der Waals surface area contributed by atoms with Gasteiger partial charge in [-0.1, -0.05) is 35.9 Å². The van der Waals surface area contributed by atoms with E-state index in [0.29, 0.717) is 25.2 Å². The summed E-state index contributed by atoms with van der Waals surface area (Å²) in [6.07, 6.45) is 0. The summed E-state index contributed by atoms with van der Waals surface area (Å²) >= 11 is 0. The molecule has 1 aliphatic rings. The molecule has 0 spiro atoms. The first kappa shape index (κ1) is 20.5. The van der Waals surface area contributed by atoms with Gasteiger partial charge in [0.2, 0.25) is 11.7 Å². The minimum absolute atomic E-state index is 0.0121. The summed E-state index contributed by atoms with van der Waals surface area (Å²) in [6.45, 7) is 4.32. The van der Waals surface area contributed by atoms with Gasteiger partial charge in [0.25, 0.3) is 5.91 Å². The van der Waals surface area contributed by atoms with E-state index in [2.05, 4.69) is 10.4 Å². The first-order valence-electron chi connectivity index (χ1n) is 9.90. The van der Waals surface area contributed by atoms with Crippen molar-refractivity contribution in [2.45, 2.75) is 33.5 Å². The average Bonchev–Trinajstić information content (AvgIpc) is 3.03. The van der Waals surface area contributed by atoms with Gasteiger partial charge in [-0.05, 0) is 37.1 Å². The predicted molar refractivity (Wildman–Crippen MR) is 112 cm³/mol. The van der Waals surface area contributed by atoms with Crippen molar-refractivity contribution in [2.75, 3.05) is 11.9 Å². The fraction of sp³-hybridized carbons (Fsp3) is 0.273. The molecule has 3 aromatic rings. The Morgan fingerprint density at radius 2 is 1.94 bits per heavy atom. The molecule has 0 bridgehead atoms. The van der Waals surface area contributed by atoms with E-state index >= 15 is 0 Å². The Labute approximate surface area is 177 Å². The second kappa shape index (κ2) is 8.17. The van der Waals surface area contributed by atoms with Crippen LogP contribution < -0.4 is 11.0 Å². The molecule has 0 aliphatic carbocycles. The number of aryl methyl sites for hydroxylation is 2. The Morgan fingerprint density at radius 1 is 1.13 bits per heavy atom. The summed E-state index contributed by atoms with van der Waals surface area (Å²) in [6, 6.07) is 12.2. The minimum Gasteiger partial charge on any atom is -0.330 e. The van der Waals surface area contributed by atoms with Crippen molar-refractivity contribution < 1.29 is 14.0 Å². The van der Waals surface area contributed by atoms with Crippen molar-refractivity contribution in [3.63, 3.8) is 0 Å². The molecule has 1 N–H and O–H groups in total. The molecule has 0 radical (unpaired) electrons. The number of carbonyl (C=O) groups is 2. The van der Waals surface area contributed by atoms with Crippen molar-refractivity contribution >= 4 is 17.5 Å². The van der Waals surface area contributed by atoms with Crippen LogP contribution in [0.3, 0.4) is 0 Å². The normalized spacial score (nSPS) is 13.3. The summed E-state index contributed by atoms with van der Waals surface area (Å²) in [4.78, 5) is 39.4. The molecule has 0 atom stereocenters. The van der Waals surface area contributed by atoms with E-state index in [-0.39, 0.29) is 24.0 Å². The molecular formula is C22H22FN5O3. The third-order valence-electron chi connectivity index (χ3n) is 5.20. The number of rotatable bonds is 5. The van der Waals surface area contributed by atoms with Gasteiger partial charge in [0.15, 0.2) is 0 Å². The molecule has 1 aliphatic heterocycles. The van der Waals surface area contributed by atoms with Crippen LogP contribution in [0.15, 0.2) is 47.3 Å². The number of carbonyl (C=O) groups excluding carboxylic acids is 2. The number of hydrogen-bond acceptors (Lipinski definition) is 4. The number of nitrogens with one attached hydrogen (secondary N) is 1. The predicted octanol–water partition coefficient (Wildman–Crippen LogP) is 2.10. The van der Waals surface area contributed by atoms with Crippen molar-refractivity contribution in [1.82, 2.24) is 19.2 Å². The number of fused-ring (bicyclic) bond motifs is 1. The van der Waals surface area contributed by atoms with Crippen LogP contribution >= 0.6 is 0 Å². The van der Waals surface area contributed by atoms with E-state index in [1.807, 2.05) is 31.2 Å². The monoisotopic (exact) mass is 423 g/mol. The Bertz CT molecular complexity index is 1230. The molecule has 0 saturated heterocycles. The zero-order chi connectivity index (χ0) is 22.1. The highest BCUT2D eigenvalue weighted by Gasteiger charge is 2.30. The highest BCUT2D eigenvalue weighted by atomic mass is 19.1. The first-order chi connectivity index (χ1) is 14.8. The van der Waals surface area contributed by atoms with Crippen LogP contribution in [0.25, 0.3) is 0 Å². The molecule has 0 unspecified atom stereocenters. The van der Waals surface area contributed by atoms with Crippen LogP contribution in [-0.4, -0.2) is 37.6 Å².